The molecule has 0 atom stereocenters. The van der Waals surface area contributed by atoms with Crippen LogP contribution in [0.15, 0.2) is 23.3 Å². The summed E-state index contributed by atoms with van der Waals surface area (Å²) in [6.07, 6.45) is 8.24. The highest BCUT2D eigenvalue weighted by atomic mass is 16.2. The molecular formula is C17H28N2O2. The van der Waals surface area contributed by atoms with Crippen LogP contribution < -0.4 is 5.32 Å². The molecule has 1 rings (SSSR count). The SMILES string of the molecule is CC(C)=CCC/C(C)=C/C(=O)NCCCN1CCCC1=O. The molecule has 4 heteroatoms. The van der Waals surface area contributed by atoms with Gasteiger partial charge in [-0.2, -0.15) is 0 Å². The maximum absolute atomic E-state index is 11.7. The average molecular weight is 292 g/mol. The van der Waals surface area contributed by atoms with Crippen molar-refractivity contribution in [3.8, 4) is 0 Å². The lowest BCUT2D eigenvalue weighted by atomic mass is 10.1. The molecule has 4 nitrogen and oxygen atoms in total. The maximum atomic E-state index is 11.7. The molecule has 1 fully saturated rings. The second kappa shape index (κ2) is 9.37. The minimum absolute atomic E-state index is 0.0301. The van der Waals surface area contributed by atoms with Crippen LogP contribution in [0.2, 0.25) is 0 Å². The molecule has 21 heavy (non-hydrogen) atoms. The van der Waals surface area contributed by atoms with Crippen LogP contribution in [0.3, 0.4) is 0 Å². The van der Waals surface area contributed by atoms with Crippen molar-refractivity contribution >= 4 is 11.8 Å². The molecule has 0 radical (unpaired) electrons. The smallest absolute Gasteiger partial charge is 0.243 e. The Morgan fingerprint density at radius 1 is 1.33 bits per heavy atom. The van der Waals surface area contributed by atoms with Gasteiger partial charge in [-0.05, 0) is 46.5 Å². The monoisotopic (exact) mass is 292 g/mol. The van der Waals surface area contributed by atoms with E-state index in [0.717, 1.165) is 44.3 Å². The number of likely N-dealkylation sites (tertiary alicyclic amines) is 1. The summed E-state index contributed by atoms with van der Waals surface area (Å²) >= 11 is 0. The van der Waals surface area contributed by atoms with E-state index in [4.69, 9.17) is 0 Å². The molecular weight excluding hydrogens is 264 g/mol. The largest absolute Gasteiger partial charge is 0.352 e. The first-order valence-electron chi connectivity index (χ1n) is 7.85. The van der Waals surface area contributed by atoms with Gasteiger partial charge in [0, 0.05) is 32.1 Å². The van der Waals surface area contributed by atoms with Crippen molar-refractivity contribution in [2.75, 3.05) is 19.6 Å². The van der Waals surface area contributed by atoms with E-state index in [1.54, 1.807) is 6.08 Å². The highest BCUT2D eigenvalue weighted by Gasteiger charge is 2.18. The molecule has 0 saturated carbocycles. The van der Waals surface area contributed by atoms with E-state index in [1.807, 2.05) is 11.8 Å². The summed E-state index contributed by atoms with van der Waals surface area (Å²) in [7, 11) is 0. The molecule has 2 amide bonds. The van der Waals surface area contributed by atoms with Crippen LogP contribution in [-0.2, 0) is 9.59 Å². The van der Waals surface area contributed by atoms with Crippen LogP contribution in [0.5, 0.6) is 0 Å². The standard InChI is InChI=1S/C17H28N2O2/c1-14(2)7-4-8-15(3)13-16(20)18-10-6-12-19-11-5-9-17(19)21/h7,13H,4-6,8-12H2,1-3H3,(H,18,20)/b15-13+. The van der Waals surface area contributed by atoms with Crippen LogP contribution in [0.25, 0.3) is 0 Å². The van der Waals surface area contributed by atoms with Crippen molar-refractivity contribution < 1.29 is 9.59 Å². The molecule has 1 aliphatic heterocycles. The summed E-state index contributed by atoms with van der Waals surface area (Å²) in [5, 5.41) is 2.88. The summed E-state index contributed by atoms with van der Waals surface area (Å²) in [5.74, 6) is 0.216. The Morgan fingerprint density at radius 2 is 2.10 bits per heavy atom. The van der Waals surface area contributed by atoms with E-state index < -0.39 is 0 Å². The quantitative estimate of drug-likeness (QED) is 0.425. The lowest BCUT2D eigenvalue weighted by molar-refractivity contribution is -0.127. The molecule has 1 aliphatic rings. The molecule has 1 saturated heterocycles. The minimum Gasteiger partial charge on any atom is -0.352 e. The van der Waals surface area contributed by atoms with Gasteiger partial charge in [0.15, 0.2) is 0 Å². The van der Waals surface area contributed by atoms with Gasteiger partial charge < -0.3 is 10.2 Å². The van der Waals surface area contributed by atoms with Gasteiger partial charge in [-0.15, -0.1) is 0 Å². The highest BCUT2D eigenvalue weighted by molar-refractivity contribution is 5.88. The Kier molecular flexibility index (Phi) is 7.80. The Morgan fingerprint density at radius 3 is 2.71 bits per heavy atom. The minimum atomic E-state index is -0.0301. The van der Waals surface area contributed by atoms with Crippen LogP contribution >= 0.6 is 0 Å². The van der Waals surface area contributed by atoms with E-state index in [-0.39, 0.29) is 11.8 Å². The summed E-state index contributed by atoms with van der Waals surface area (Å²) in [6, 6.07) is 0. The molecule has 0 spiro atoms. The fourth-order valence-electron chi connectivity index (χ4n) is 2.36. The van der Waals surface area contributed by atoms with Gasteiger partial charge >= 0.3 is 0 Å². The number of hydrogen-bond donors (Lipinski definition) is 1. The van der Waals surface area contributed by atoms with Gasteiger partial charge in [0.25, 0.3) is 0 Å². The molecule has 1 heterocycles. The zero-order chi connectivity index (χ0) is 15.7. The van der Waals surface area contributed by atoms with Gasteiger partial charge in [0.05, 0.1) is 0 Å². The third kappa shape index (κ3) is 7.69. The fourth-order valence-corrected chi connectivity index (χ4v) is 2.36. The molecule has 0 unspecified atom stereocenters. The predicted molar refractivity (Wildman–Crippen MR) is 85.9 cm³/mol. The van der Waals surface area contributed by atoms with E-state index in [2.05, 4.69) is 25.2 Å². The Hall–Kier alpha value is -1.58. The van der Waals surface area contributed by atoms with E-state index in [1.165, 1.54) is 5.57 Å². The van der Waals surface area contributed by atoms with Crippen molar-refractivity contribution in [1.29, 1.82) is 0 Å². The highest BCUT2D eigenvalue weighted by Crippen LogP contribution is 2.09. The first-order valence-corrected chi connectivity index (χ1v) is 7.85. The maximum Gasteiger partial charge on any atom is 0.243 e. The van der Waals surface area contributed by atoms with Crippen LogP contribution in [0, 0.1) is 0 Å². The number of allylic oxidation sites excluding steroid dienone is 3. The third-order valence-electron chi connectivity index (χ3n) is 3.54. The van der Waals surface area contributed by atoms with Crippen LogP contribution in [0.1, 0.15) is 52.9 Å². The second-order valence-electron chi connectivity index (χ2n) is 5.94. The van der Waals surface area contributed by atoms with Crippen molar-refractivity contribution in [2.45, 2.75) is 52.9 Å². The average Bonchev–Trinajstić information content (AvgIpc) is 2.80. The molecule has 0 aliphatic carbocycles. The molecule has 1 N–H and O–H groups in total. The number of nitrogens with one attached hydrogen (secondary N) is 1. The Labute approximate surface area is 128 Å². The van der Waals surface area contributed by atoms with Crippen LogP contribution in [-0.4, -0.2) is 36.3 Å². The van der Waals surface area contributed by atoms with Gasteiger partial charge in [-0.25, -0.2) is 0 Å². The number of carbonyl (C=O) groups excluding carboxylic acids is 2. The third-order valence-corrected chi connectivity index (χ3v) is 3.54. The molecule has 0 aromatic carbocycles. The lowest BCUT2D eigenvalue weighted by Gasteiger charge is -2.14. The second-order valence-corrected chi connectivity index (χ2v) is 5.94. The number of nitrogens with zero attached hydrogens (tertiary/aromatic N) is 1. The number of hydrogen-bond acceptors (Lipinski definition) is 2. The number of carbonyl (C=O) groups is 2. The normalized spacial score (nSPS) is 15.3. The summed E-state index contributed by atoms with van der Waals surface area (Å²) in [4.78, 5) is 25.0. The summed E-state index contributed by atoms with van der Waals surface area (Å²) < 4.78 is 0. The van der Waals surface area contributed by atoms with E-state index in [9.17, 15) is 9.59 Å². The summed E-state index contributed by atoms with van der Waals surface area (Å²) in [5.41, 5.74) is 2.41. The van der Waals surface area contributed by atoms with Crippen molar-refractivity contribution in [3.63, 3.8) is 0 Å². The van der Waals surface area contributed by atoms with Gasteiger partial charge in [0.1, 0.15) is 0 Å². The predicted octanol–water partition coefficient (Wildman–Crippen LogP) is 2.81. The molecule has 0 bridgehead atoms. The number of amides is 2. The zero-order valence-electron chi connectivity index (χ0n) is 13.6. The summed E-state index contributed by atoms with van der Waals surface area (Å²) in [6.45, 7) is 8.40. The van der Waals surface area contributed by atoms with E-state index in [0.29, 0.717) is 13.0 Å². The fraction of sp³-hybridized carbons (Fsp3) is 0.647. The topological polar surface area (TPSA) is 49.4 Å². The zero-order valence-corrected chi connectivity index (χ0v) is 13.6. The lowest BCUT2D eigenvalue weighted by Crippen LogP contribution is -2.30. The molecule has 0 aromatic heterocycles. The van der Waals surface area contributed by atoms with Crippen molar-refractivity contribution in [1.82, 2.24) is 10.2 Å². The van der Waals surface area contributed by atoms with Gasteiger partial charge in [-0.3, -0.25) is 9.59 Å². The Bertz CT molecular complexity index is 421. The first kappa shape index (κ1) is 17.5. The van der Waals surface area contributed by atoms with E-state index >= 15 is 0 Å². The first-order chi connectivity index (χ1) is 9.99. The van der Waals surface area contributed by atoms with Gasteiger partial charge in [-0.1, -0.05) is 17.2 Å². The molecule has 118 valence electrons. The Balaban J connectivity index is 2.15. The molecule has 0 aromatic rings. The number of rotatable bonds is 8. The van der Waals surface area contributed by atoms with Crippen molar-refractivity contribution in [2.24, 2.45) is 0 Å². The van der Waals surface area contributed by atoms with Crippen LogP contribution in [0.4, 0.5) is 0 Å². The van der Waals surface area contributed by atoms with Gasteiger partial charge in [0.2, 0.25) is 11.8 Å². The van der Waals surface area contributed by atoms with Crippen molar-refractivity contribution in [3.05, 3.63) is 23.3 Å².